The quantitative estimate of drug-likeness (QED) is 0.0616. The van der Waals surface area contributed by atoms with Crippen LogP contribution in [-0.4, -0.2) is 99.4 Å². The van der Waals surface area contributed by atoms with Gasteiger partial charge in [0, 0.05) is 36.6 Å². The number of amides is 4. The van der Waals surface area contributed by atoms with Crippen molar-refractivity contribution in [2.24, 2.45) is 17.3 Å². The van der Waals surface area contributed by atoms with Crippen molar-refractivity contribution in [2.75, 3.05) is 13.2 Å². The van der Waals surface area contributed by atoms with E-state index in [2.05, 4.69) is 29.8 Å². The fourth-order valence-corrected chi connectivity index (χ4v) is 7.35. The van der Waals surface area contributed by atoms with E-state index in [4.69, 9.17) is 4.74 Å². The topological polar surface area (TPSA) is 248 Å². The zero-order valence-corrected chi connectivity index (χ0v) is 34.9. The molecule has 1 aromatic rings. The van der Waals surface area contributed by atoms with Gasteiger partial charge >= 0.3 is 11.9 Å². The summed E-state index contributed by atoms with van der Waals surface area (Å²) in [7, 11) is 0. The molecular formula is C42H59N5O12. The lowest BCUT2D eigenvalue weighted by Crippen LogP contribution is -2.61. The minimum atomic E-state index is -1.53. The average Bonchev–Trinajstić information content (AvgIpc) is 3.57. The van der Waals surface area contributed by atoms with Crippen LogP contribution in [0.15, 0.2) is 30.4 Å². The number of nitrogens with zero attached hydrogens (tertiary/aromatic N) is 2. The number of ketones is 2. The molecule has 1 aliphatic carbocycles. The van der Waals surface area contributed by atoms with E-state index in [1.165, 1.54) is 6.08 Å². The van der Waals surface area contributed by atoms with Gasteiger partial charge < -0.3 is 30.7 Å². The predicted molar refractivity (Wildman–Crippen MR) is 215 cm³/mol. The highest BCUT2D eigenvalue weighted by Gasteiger charge is 2.46. The van der Waals surface area contributed by atoms with Crippen molar-refractivity contribution in [2.45, 2.75) is 136 Å². The Hall–Kier alpha value is -5.48. The first kappa shape index (κ1) is 47.9. The number of Topliss-reactive ketones (excluding diaryl/α,β-unsaturated/α-hetero) is 2. The fourth-order valence-electron chi connectivity index (χ4n) is 7.35. The maximum Gasteiger partial charge on any atom is 0.335 e. The molecule has 4 atom stereocenters. The first-order chi connectivity index (χ1) is 27.7. The number of non-ortho nitro benzene ring substituents is 1. The van der Waals surface area contributed by atoms with Gasteiger partial charge in [-0.3, -0.25) is 38.9 Å². The Morgan fingerprint density at radius 2 is 1.64 bits per heavy atom. The van der Waals surface area contributed by atoms with Crippen LogP contribution < -0.4 is 16.0 Å². The smallest absolute Gasteiger partial charge is 0.335 e. The molecule has 1 saturated heterocycles. The van der Waals surface area contributed by atoms with Crippen molar-refractivity contribution in [3.05, 3.63) is 51.6 Å². The molecule has 0 spiro atoms. The Kier molecular flexibility index (Phi) is 17.9. The summed E-state index contributed by atoms with van der Waals surface area (Å²) >= 11 is 0. The Morgan fingerprint density at radius 1 is 0.983 bits per heavy atom. The number of carbonyl (C=O) groups excluding carboxylic acids is 7. The number of nitrogens with one attached hydrogen (secondary N) is 3. The molecule has 0 bridgehead atoms. The summed E-state index contributed by atoms with van der Waals surface area (Å²) in [6.07, 6.45) is 8.37. The summed E-state index contributed by atoms with van der Waals surface area (Å²) in [5.74, 6) is -5.59. The minimum Gasteiger partial charge on any atom is -0.478 e. The summed E-state index contributed by atoms with van der Waals surface area (Å²) in [6.45, 7) is 10.4. The predicted octanol–water partition coefficient (Wildman–Crippen LogP) is 4.45. The van der Waals surface area contributed by atoms with Gasteiger partial charge in [-0.25, -0.2) is 9.59 Å². The zero-order chi connectivity index (χ0) is 44.0. The molecule has 3 rings (SSSR count). The Morgan fingerprint density at radius 3 is 2.24 bits per heavy atom. The van der Waals surface area contributed by atoms with Crippen molar-refractivity contribution in [3.8, 4) is 0 Å². The highest BCUT2D eigenvalue weighted by molar-refractivity contribution is 6.03. The van der Waals surface area contributed by atoms with Gasteiger partial charge in [-0.2, -0.15) is 0 Å². The van der Waals surface area contributed by atoms with Crippen molar-refractivity contribution in [3.63, 3.8) is 0 Å². The Bertz CT molecular complexity index is 1750. The summed E-state index contributed by atoms with van der Waals surface area (Å²) < 4.78 is 4.88. The van der Waals surface area contributed by atoms with Gasteiger partial charge in [0.1, 0.15) is 18.1 Å². The van der Waals surface area contributed by atoms with E-state index in [1.807, 2.05) is 0 Å². The van der Waals surface area contributed by atoms with E-state index in [9.17, 15) is 53.6 Å². The SMILES string of the molecule is CCOC(=O)/C=C/CC[C@H](NC(=O)c1cc(C(=O)O)cc([N+](=O)[O-])c1)C(=O)N[C@H](C(=O)N1CC(=O)C[C@H]1C(=O)N[C@H](C(=O)CCCC(C)C)C1CCCCC1)C(C)(C)C. The molecule has 4 N–H and O–H groups in total. The van der Waals surface area contributed by atoms with E-state index >= 15 is 0 Å². The number of nitro benzene ring substituents is 1. The molecule has 17 heteroatoms. The summed E-state index contributed by atoms with van der Waals surface area (Å²) in [5, 5.41) is 29.1. The lowest BCUT2D eigenvalue weighted by atomic mass is 9.81. The van der Waals surface area contributed by atoms with Gasteiger partial charge in [-0.05, 0) is 62.3 Å². The van der Waals surface area contributed by atoms with Gasteiger partial charge in [0.2, 0.25) is 17.7 Å². The largest absolute Gasteiger partial charge is 0.478 e. The van der Waals surface area contributed by atoms with E-state index in [0.29, 0.717) is 18.8 Å². The van der Waals surface area contributed by atoms with Crippen LogP contribution in [0, 0.1) is 27.4 Å². The summed E-state index contributed by atoms with van der Waals surface area (Å²) in [6, 6.07) is -2.25. The number of aromatic carboxylic acids is 1. The van der Waals surface area contributed by atoms with E-state index in [0.717, 1.165) is 67.7 Å². The van der Waals surface area contributed by atoms with Gasteiger partial charge in [0.25, 0.3) is 11.6 Å². The zero-order valence-electron chi connectivity index (χ0n) is 34.9. The Balaban J connectivity index is 1.90. The van der Waals surface area contributed by atoms with Crippen LogP contribution in [0.25, 0.3) is 0 Å². The van der Waals surface area contributed by atoms with Crippen LogP contribution in [-0.2, 0) is 33.5 Å². The van der Waals surface area contributed by atoms with Gasteiger partial charge in [0.15, 0.2) is 11.6 Å². The van der Waals surface area contributed by atoms with Crippen LogP contribution >= 0.6 is 0 Å². The van der Waals surface area contributed by atoms with Crippen LogP contribution in [0.3, 0.4) is 0 Å². The maximum absolute atomic E-state index is 14.4. The fraction of sp³-hybridized carbons (Fsp3) is 0.619. The second-order valence-electron chi connectivity index (χ2n) is 16.8. The Labute approximate surface area is 344 Å². The molecule has 4 amide bonds. The summed E-state index contributed by atoms with van der Waals surface area (Å²) in [5.41, 5.74) is -2.66. The number of rotatable bonds is 20. The third kappa shape index (κ3) is 14.4. The molecule has 2 aliphatic rings. The van der Waals surface area contributed by atoms with Gasteiger partial charge in [0.05, 0.1) is 29.7 Å². The standard InChI is InChI=1S/C42H59N5O12/c1-7-59-34(50)19-12-11-17-31(43-37(51)27-20-28(41(55)56)22-29(21-27)47(57)58)38(52)45-36(42(4,5)6)40(54)46-24-30(48)23-32(46)39(53)44-35(26-15-9-8-10-16-26)33(49)18-13-14-25(2)3/h12,19-22,25-26,31-32,35-36H,7-11,13-18,23-24H2,1-6H3,(H,43,51)(H,44,53)(H,45,52)(H,55,56)/b19-12+/t31-,32-,35-,36+/m0/s1. The number of carboxylic acids is 1. The third-order valence-electron chi connectivity index (χ3n) is 10.5. The number of ether oxygens (including phenoxy) is 1. The van der Waals surface area contributed by atoms with Crippen LogP contribution in [0.1, 0.15) is 133 Å². The molecule has 1 saturated carbocycles. The number of hydrogen-bond donors (Lipinski definition) is 4. The van der Waals surface area contributed by atoms with Crippen molar-refractivity contribution >= 4 is 52.8 Å². The summed E-state index contributed by atoms with van der Waals surface area (Å²) in [4.78, 5) is 118. The van der Waals surface area contributed by atoms with Crippen molar-refractivity contribution < 1.29 is 53.1 Å². The molecule has 1 aromatic carbocycles. The highest BCUT2D eigenvalue weighted by Crippen LogP contribution is 2.30. The molecular weight excluding hydrogens is 766 g/mol. The number of allylic oxidation sites excluding steroid dienone is 1. The van der Waals surface area contributed by atoms with Crippen molar-refractivity contribution in [1.82, 2.24) is 20.9 Å². The molecule has 324 valence electrons. The lowest BCUT2D eigenvalue weighted by Gasteiger charge is -2.36. The number of nitro groups is 1. The normalized spacial score (nSPS) is 17.6. The molecule has 0 radical (unpaired) electrons. The van der Waals surface area contributed by atoms with E-state index < -0.39 is 93.4 Å². The second-order valence-corrected chi connectivity index (χ2v) is 16.8. The van der Waals surface area contributed by atoms with E-state index in [1.54, 1.807) is 27.7 Å². The molecule has 0 aromatic heterocycles. The van der Waals surface area contributed by atoms with Crippen LogP contribution in [0.2, 0.25) is 0 Å². The average molecular weight is 826 g/mol. The second kappa shape index (κ2) is 22.0. The maximum atomic E-state index is 14.4. The molecule has 2 fully saturated rings. The van der Waals surface area contributed by atoms with Crippen LogP contribution in [0.4, 0.5) is 5.69 Å². The number of carbonyl (C=O) groups is 8. The first-order valence-corrected chi connectivity index (χ1v) is 20.4. The molecule has 1 aliphatic heterocycles. The first-order valence-electron chi connectivity index (χ1n) is 20.4. The number of esters is 1. The van der Waals surface area contributed by atoms with E-state index in [-0.39, 0.29) is 43.4 Å². The highest BCUT2D eigenvalue weighted by atomic mass is 16.6. The third-order valence-corrected chi connectivity index (χ3v) is 10.5. The van der Waals surface area contributed by atoms with Crippen LogP contribution in [0.5, 0.6) is 0 Å². The number of likely N-dealkylation sites (tertiary alicyclic amines) is 1. The van der Waals surface area contributed by atoms with Gasteiger partial charge in [-0.1, -0.05) is 66.4 Å². The molecule has 59 heavy (non-hydrogen) atoms. The molecule has 1 heterocycles. The number of carboxylic acid groups (broad SMARTS) is 1. The minimum absolute atomic E-state index is 0.0296. The van der Waals surface area contributed by atoms with Gasteiger partial charge in [-0.15, -0.1) is 0 Å². The lowest BCUT2D eigenvalue weighted by molar-refractivity contribution is -0.384. The molecule has 17 nitrogen and oxygen atoms in total. The number of hydrogen-bond acceptors (Lipinski definition) is 11. The van der Waals surface area contributed by atoms with Crippen molar-refractivity contribution in [1.29, 1.82) is 0 Å². The monoisotopic (exact) mass is 825 g/mol. The number of benzene rings is 1. The molecule has 0 unspecified atom stereocenters.